The number of rotatable bonds is 4. The maximum absolute atomic E-state index is 12.8. The molecule has 0 spiro atoms. The summed E-state index contributed by atoms with van der Waals surface area (Å²) in [6.07, 6.45) is 0.988. The van der Waals surface area contributed by atoms with Gasteiger partial charge in [-0.1, -0.05) is 17.3 Å². The summed E-state index contributed by atoms with van der Waals surface area (Å²) >= 11 is 1.55. The third-order valence-corrected chi connectivity index (χ3v) is 4.72. The Morgan fingerprint density at radius 3 is 2.96 bits per heavy atom. The van der Waals surface area contributed by atoms with Crippen molar-refractivity contribution in [1.29, 1.82) is 0 Å². The Labute approximate surface area is 151 Å². The van der Waals surface area contributed by atoms with Crippen molar-refractivity contribution in [2.75, 3.05) is 26.2 Å². The molecule has 1 fully saturated rings. The number of halogens is 1. The number of amides is 1. The molecule has 2 aromatic rings. The molecular formula is C16H21ClN4O2S. The van der Waals surface area contributed by atoms with Crippen molar-refractivity contribution >= 4 is 30.1 Å². The van der Waals surface area contributed by atoms with Crippen LogP contribution in [0, 0.1) is 6.92 Å². The number of carbonyl (C=O) groups is 1. The van der Waals surface area contributed by atoms with Crippen LogP contribution in [0.3, 0.4) is 0 Å². The van der Waals surface area contributed by atoms with Crippen LogP contribution in [0.15, 0.2) is 33.7 Å². The van der Waals surface area contributed by atoms with Gasteiger partial charge in [0.05, 0.1) is 11.3 Å². The molecule has 1 aromatic heterocycles. The average molecular weight is 369 g/mol. The minimum atomic E-state index is 0. The molecule has 6 nitrogen and oxygen atoms in total. The van der Waals surface area contributed by atoms with E-state index in [1.54, 1.807) is 18.7 Å². The number of carbonyl (C=O) groups excluding carboxylic acids is 1. The zero-order chi connectivity index (χ0) is 16.1. The molecule has 130 valence electrons. The van der Waals surface area contributed by atoms with E-state index in [1.807, 2.05) is 29.2 Å². The third kappa shape index (κ3) is 4.72. The second kappa shape index (κ2) is 9.05. The quantitative estimate of drug-likeness (QED) is 0.836. The summed E-state index contributed by atoms with van der Waals surface area (Å²) in [4.78, 5) is 19.9. The lowest BCUT2D eigenvalue weighted by Crippen LogP contribution is -2.34. The van der Waals surface area contributed by atoms with Crippen LogP contribution in [0.2, 0.25) is 0 Å². The van der Waals surface area contributed by atoms with Crippen LogP contribution in [0.25, 0.3) is 0 Å². The topological polar surface area (TPSA) is 71.3 Å². The largest absolute Gasteiger partial charge is 0.338 e. The van der Waals surface area contributed by atoms with Crippen LogP contribution < -0.4 is 5.32 Å². The molecule has 8 heteroatoms. The van der Waals surface area contributed by atoms with Crippen molar-refractivity contribution in [3.8, 4) is 0 Å². The number of aromatic nitrogens is 2. The number of benzene rings is 1. The Hall–Kier alpha value is -1.57. The Bertz CT molecular complexity index is 672. The van der Waals surface area contributed by atoms with Gasteiger partial charge in [0, 0.05) is 24.5 Å². The summed E-state index contributed by atoms with van der Waals surface area (Å²) < 4.78 is 5.13. The summed E-state index contributed by atoms with van der Waals surface area (Å²) in [6, 6.07) is 7.71. The summed E-state index contributed by atoms with van der Waals surface area (Å²) in [5.74, 6) is 1.86. The van der Waals surface area contributed by atoms with E-state index in [-0.39, 0.29) is 18.3 Å². The van der Waals surface area contributed by atoms with Gasteiger partial charge in [-0.05, 0) is 32.0 Å². The molecule has 1 amide bonds. The molecule has 0 saturated carbocycles. The highest BCUT2D eigenvalue weighted by Gasteiger charge is 2.20. The fourth-order valence-electron chi connectivity index (χ4n) is 2.53. The van der Waals surface area contributed by atoms with Crippen LogP contribution in [0.4, 0.5) is 0 Å². The minimum Gasteiger partial charge on any atom is -0.338 e. The van der Waals surface area contributed by atoms with Crippen LogP contribution >= 0.6 is 24.2 Å². The minimum absolute atomic E-state index is 0. The van der Waals surface area contributed by atoms with E-state index >= 15 is 0 Å². The van der Waals surface area contributed by atoms with Gasteiger partial charge in [-0.2, -0.15) is 4.98 Å². The first kappa shape index (κ1) is 18.8. The van der Waals surface area contributed by atoms with Crippen molar-refractivity contribution in [1.82, 2.24) is 20.4 Å². The first-order valence-electron chi connectivity index (χ1n) is 7.75. The number of aryl methyl sites for hydroxylation is 1. The van der Waals surface area contributed by atoms with Crippen LogP contribution in [-0.4, -0.2) is 47.1 Å². The fourth-order valence-corrected chi connectivity index (χ4v) is 3.41. The molecule has 1 aromatic carbocycles. The summed E-state index contributed by atoms with van der Waals surface area (Å²) in [5.41, 5.74) is 0.746. The SMILES string of the molecule is Cc1noc(CSc2ccccc2C(=O)N2CCCNCC2)n1.Cl. The molecule has 1 N–H and O–H groups in total. The Kier molecular flexibility index (Phi) is 7.08. The van der Waals surface area contributed by atoms with Crippen molar-refractivity contribution in [3.63, 3.8) is 0 Å². The number of nitrogens with zero attached hydrogens (tertiary/aromatic N) is 3. The smallest absolute Gasteiger partial charge is 0.255 e. The predicted molar refractivity (Wildman–Crippen MR) is 95.7 cm³/mol. The molecule has 3 rings (SSSR count). The molecule has 24 heavy (non-hydrogen) atoms. The second-order valence-electron chi connectivity index (χ2n) is 5.42. The zero-order valence-corrected chi connectivity index (χ0v) is 15.2. The molecule has 1 aliphatic heterocycles. The van der Waals surface area contributed by atoms with Gasteiger partial charge >= 0.3 is 0 Å². The van der Waals surface area contributed by atoms with Gasteiger partial charge < -0.3 is 14.7 Å². The molecular weight excluding hydrogens is 348 g/mol. The zero-order valence-electron chi connectivity index (χ0n) is 13.5. The molecule has 0 bridgehead atoms. The van der Waals surface area contributed by atoms with E-state index in [0.29, 0.717) is 17.5 Å². The maximum atomic E-state index is 12.8. The predicted octanol–water partition coefficient (Wildman–Crippen LogP) is 2.53. The third-order valence-electron chi connectivity index (χ3n) is 3.67. The van der Waals surface area contributed by atoms with E-state index in [0.717, 1.165) is 43.1 Å². The first-order valence-corrected chi connectivity index (χ1v) is 8.73. The number of nitrogens with one attached hydrogen (secondary N) is 1. The summed E-state index contributed by atoms with van der Waals surface area (Å²) in [7, 11) is 0. The normalized spacial score (nSPS) is 14.8. The molecule has 0 unspecified atom stereocenters. The van der Waals surface area contributed by atoms with Crippen LogP contribution in [0.1, 0.15) is 28.5 Å². The Morgan fingerprint density at radius 1 is 1.33 bits per heavy atom. The highest BCUT2D eigenvalue weighted by atomic mass is 35.5. The fraction of sp³-hybridized carbons (Fsp3) is 0.438. The van der Waals surface area contributed by atoms with Gasteiger partial charge in [-0.25, -0.2) is 0 Å². The Morgan fingerprint density at radius 2 is 2.17 bits per heavy atom. The lowest BCUT2D eigenvalue weighted by Gasteiger charge is -2.21. The average Bonchev–Trinajstić information content (AvgIpc) is 2.82. The van der Waals surface area contributed by atoms with Crippen molar-refractivity contribution in [2.24, 2.45) is 0 Å². The first-order chi connectivity index (χ1) is 11.2. The number of hydrogen-bond acceptors (Lipinski definition) is 6. The van der Waals surface area contributed by atoms with Gasteiger partial charge in [0.15, 0.2) is 5.82 Å². The molecule has 0 radical (unpaired) electrons. The summed E-state index contributed by atoms with van der Waals surface area (Å²) in [6.45, 7) is 5.16. The lowest BCUT2D eigenvalue weighted by molar-refractivity contribution is 0.0763. The highest BCUT2D eigenvalue weighted by molar-refractivity contribution is 7.98. The highest BCUT2D eigenvalue weighted by Crippen LogP contribution is 2.27. The lowest BCUT2D eigenvalue weighted by atomic mass is 10.2. The molecule has 2 heterocycles. The summed E-state index contributed by atoms with van der Waals surface area (Å²) in [5, 5.41) is 7.11. The van der Waals surface area contributed by atoms with Crippen molar-refractivity contribution < 1.29 is 9.32 Å². The van der Waals surface area contributed by atoms with Gasteiger partial charge in [-0.3, -0.25) is 4.79 Å². The van der Waals surface area contributed by atoms with E-state index in [4.69, 9.17) is 4.52 Å². The van der Waals surface area contributed by atoms with Gasteiger partial charge in [0.25, 0.3) is 5.91 Å². The molecule has 0 aliphatic carbocycles. The van der Waals surface area contributed by atoms with Crippen LogP contribution in [0.5, 0.6) is 0 Å². The van der Waals surface area contributed by atoms with E-state index in [1.165, 1.54) is 0 Å². The van der Waals surface area contributed by atoms with E-state index < -0.39 is 0 Å². The monoisotopic (exact) mass is 368 g/mol. The number of thioether (sulfide) groups is 1. The Balaban J connectivity index is 0.00000208. The van der Waals surface area contributed by atoms with Gasteiger partial charge in [-0.15, -0.1) is 24.2 Å². The maximum Gasteiger partial charge on any atom is 0.255 e. The second-order valence-corrected chi connectivity index (χ2v) is 6.43. The van der Waals surface area contributed by atoms with E-state index in [2.05, 4.69) is 15.5 Å². The van der Waals surface area contributed by atoms with Gasteiger partial charge in [0.2, 0.25) is 5.89 Å². The molecule has 0 atom stereocenters. The van der Waals surface area contributed by atoms with E-state index in [9.17, 15) is 4.79 Å². The van der Waals surface area contributed by atoms with Gasteiger partial charge in [0.1, 0.15) is 0 Å². The molecule has 1 saturated heterocycles. The van der Waals surface area contributed by atoms with Crippen molar-refractivity contribution in [3.05, 3.63) is 41.5 Å². The standard InChI is InChI=1S/C16H20N4O2S.ClH/c1-12-18-15(22-19-12)11-23-14-6-3-2-5-13(14)16(21)20-9-4-7-17-8-10-20;/h2-3,5-6,17H,4,7-11H2,1H3;1H. The number of hydrogen-bond donors (Lipinski definition) is 1. The van der Waals surface area contributed by atoms with Crippen LogP contribution in [-0.2, 0) is 5.75 Å². The van der Waals surface area contributed by atoms with Crippen molar-refractivity contribution in [2.45, 2.75) is 24.0 Å². The molecule has 1 aliphatic rings.